The molecular formula is C11H7ClF3N3OS. The minimum atomic E-state index is -4.98. The van der Waals surface area contributed by atoms with Crippen molar-refractivity contribution < 1.29 is 18.0 Å². The Morgan fingerprint density at radius 3 is 2.80 bits per heavy atom. The quantitative estimate of drug-likeness (QED) is 0.853. The van der Waals surface area contributed by atoms with E-state index in [1.807, 2.05) is 0 Å². The summed E-state index contributed by atoms with van der Waals surface area (Å²) in [5, 5.41) is 0. The van der Waals surface area contributed by atoms with Crippen LogP contribution in [0.1, 0.15) is 4.88 Å². The summed E-state index contributed by atoms with van der Waals surface area (Å²) in [5.41, 5.74) is -0.0839. The molecule has 2 heterocycles. The highest BCUT2D eigenvalue weighted by Crippen LogP contribution is 2.18. The summed E-state index contributed by atoms with van der Waals surface area (Å²) >= 11 is 6.88. The molecule has 0 fully saturated rings. The zero-order chi connectivity index (χ0) is 14.8. The van der Waals surface area contributed by atoms with Gasteiger partial charge >= 0.3 is 12.1 Å². The van der Waals surface area contributed by atoms with Crippen molar-refractivity contribution >= 4 is 28.8 Å². The number of aromatic nitrogens is 2. The average molecular weight is 322 g/mol. The lowest BCUT2D eigenvalue weighted by Crippen LogP contribution is -2.27. The molecule has 2 aromatic rings. The Morgan fingerprint density at radius 2 is 2.20 bits per heavy atom. The van der Waals surface area contributed by atoms with Gasteiger partial charge in [-0.15, -0.1) is 11.3 Å². The number of carbonyl (C=O) groups is 1. The maximum absolute atomic E-state index is 12.2. The fourth-order valence-corrected chi connectivity index (χ4v) is 2.37. The van der Waals surface area contributed by atoms with E-state index in [1.165, 1.54) is 40.4 Å². The standard InChI is InChI=1S/C11H7ClF3N3OS/c12-10-16-5-7(20-10)6-18-4-2-1-3-8(18)17-9(19)11(13,14)15/h1-5H,6H2/b17-8+. The highest BCUT2D eigenvalue weighted by molar-refractivity contribution is 7.15. The van der Waals surface area contributed by atoms with E-state index in [0.29, 0.717) is 4.47 Å². The van der Waals surface area contributed by atoms with Gasteiger partial charge in [0.1, 0.15) is 5.49 Å². The molecule has 0 aliphatic heterocycles. The first-order valence-corrected chi connectivity index (χ1v) is 6.47. The smallest absolute Gasteiger partial charge is 0.328 e. The van der Waals surface area contributed by atoms with E-state index in [1.54, 1.807) is 6.07 Å². The van der Waals surface area contributed by atoms with E-state index >= 15 is 0 Å². The highest BCUT2D eigenvalue weighted by Gasteiger charge is 2.38. The fraction of sp³-hybridized carbons (Fsp3) is 0.182. The molecule has 0 saturated carbocycles. The Balaban J connectivity index is 2.36. The predicted molar refractivity (Wildman–Crippen MR) is 67.3 cm³/mol. The number of alkyl halides is 3. The number of nitrogens with zero attached hydrogens (tertiary/aromatic N) is 3. The van der Waals surface area contributed by atoms with Gasteiger partial charge < -0.3 is 4.57 Å². The summed E-state index contributed by atoms with van der Waals surface area (Å²) in [6.07, 6.45) is -1.94. The van der Waals surface area contributed by atoms with Crippen LogP contribution in [0.3, 0.4) is 0 Å². The lowest BCUT2D eigenvalue weighted by molar-refractivity contribution is -0.169. The zero-order valence-electron chi connectivity index (χ0n) is 9.76. The molecule has 4 nitrogen and oxygen atoms in total. The molecule has 0 bridgehead atoms. The summed E-state index contributed by atoms with van der Waals surface area (Å²) in [7, 11) is 0. The Kier molecular flexibility index (Phi) is 4.24. The summed E-state index contributed by atoms with van der Waals surface area (Å²) in [6.45, 7) is 0.231. The van der Waals surface area contributed by atoms with Crippen LogP contribution in [0.5, 0.6) is 0 Å². The topological polar surface area (TPSA) is 47.2 Å². The van der Waals surface area contributed by atoms with Crippen molar-refractivity contribution in [1.29, 1.82) is 0 Å². The Bertz CT molecular complexity index is 692. The second-order valence-corrected chi connectivity index (χ2v) is 5.38. The van der Waals surface area contributed by atoms with Crippen LogP contribution in [0.2, 0.25) is 4.47 Å². The van der Waals surface area contributed by atoms with E-state index in [2.05, 4.69) is 9.98 Å². The fourth-order valence-electron chi connectivity index (χ4n) is 1.39. The van der Waals surface area contributed by atoms with Crippen LogP contribution < -0.4 is 5.49 Å². The summed E-state index contributed by atoms with van der Waals surface area (Å²) in [5.74, 6) is -2.14. The normalized spacial score (nSPS) is 12.7. The molecule has 0 aromatic carbocycles. The van der Waals surface area contributed by atoms with Crippen LogP contribution in [-0.4, -0.2) is 21.6 Å². The van der Waals surface area contributed by atoms with Crippen molar-refractivity contribution in [2.24, 2.45) is 4.99 Å². The number of halogens is 4. The second-order valence-electron chi connectivity index (χ2n) is 3.68. The monoisotopic (exact) mass is 321 g/mol. The largest absolute Gasteiger partial charge is 0.473 e. The SMILES string of the molecule is O=C(/N=c1\ccccn1Cc1cnc(Cl)s1)C(F)(F)F. The first kappa shape index (κ1) is 14.7. The van der Waals surface area contributed by atoms with E-state index in [-0.39, 0.29) is 12.0 Å². The first-order chi connectivity index (χ1) is 9.36. The Hall–Kier alpha value is -1.67. The van der Waals surface area contributed by atoms with Gasteiger partial charge in [0.25, 0.3) is 0 Å². The molecule has 20 heavy (non-hydrogen) atoms. The van der Waals surface area contributed by atoms with Crippen LogP contribution >= 0.6 is 22.9 Å². The molecule has 0 aliphatic rings. The second kappa shape index (κ2) is 5.76. The molecule has 2 aromatic heterocycles. The van der Waals surface area contributed by atoms with Crippen molar-refractivity contribution in [3.8, 4) is 0 Å². The molecule has 0 spiro atoms. The van der Waals surface area contributed by atoms with E-state index in [4.69, 9.17) is 11.6 Å². The summed E-state index contributed by atoms with van der Waals surface area (Å²) in [6, 6.07) is 4.45. The molecule has 0 saturated heterocycles. The third-order valence-corrected chi connectivity index (χ3v) is 3.33. The average Bonchev–Trinajstić information content (AvgIpc) is 2.76. The minimum absolute atomic E-state index is 0.0839. The molecular weight excluding hydrogens is 315 g/mol. The first-order valence-electron chi connectivity index (χ1n) is 5.28. The van der Waals surface area contributed by atoms with Gasteiger partial charge in [-0.25, -0.2) is 4.98 Å². The summed E-state index contributed by atoms with van der Waals surface area (Å²) < 4.78 is 38.4. The molecule has 0 atom stereocenters. The molecule has 1 amide bonds. The molecule has 106 valence electrons. The lowest BCUT2D eigenvalue weighted by atomic mass is 10.4. The van der Waals surface area contributed by atoms with E-state index in [9.17, 15) is 18.0 Å². The van der Waals surface area contributed by atoms with Gasteiger partial charge in [-0.2, -0.15) is 18.2 Å². The highest BCUT2D eigenvalue weighted by atomic mass is 35.5. The number of thiazole rings is 1. The number of carbonyl (C=O) groups excluding carboxylic acids is 1. The minimum Gasteiger partial charge on any atom is -0.328 e. The van der Waals surface area contributed by atoms with Crippen LogP contribution in [0.4, 0.5) is 13.2 Å². The maximum Gasteiger partial charge on any atom is 0.473 e. The van der Waals surface area contributed by atoms with Crippen LogP contribution in [0.25, 0.3) is 0 Å². The Labute approximate surface area is 120 Å². The predicted octanol–water partition coefficient (Wildman–Crippen LogP) is 2.64. The van der Waals surface area contributed by atoms with Gasteiger partial charge in [0.15, 0.2) is 4.47 Å². The summed E-state index contributed by atoms with van der Waals surface area (Å²) in [4.78, 5) is 18.6. The van der Waals surface area contributed by atoms with Crippen molar-refractivity contribution in [2.75, 3.05) is 0 Å². The molecule has 0 radical (unpaired) electrons. The van der Waals surface area contributed by atoms with Crippen LogP contribution in [-0.2, 0) is 11.3 Å². The maximum atomic E-state index is 12.2. The zero-order valence-corrected chi connectivity index (χ0v) is 11.3. The van der Waals surface area contributed by atoms with E-state index in [0.717, 1.165) is 4.88 Å². The van der Waals surface area contributed by atoms with Gasteiger partial charge in [0.2, 0.25) is 0 Å². The van der Waals surface area contributed by atoms with Gasteiger partial charge in [-0.1, -0.05) is 17.7 Å². The van der Waals surface area contributed by atoms with Crippen molar-refractivity contribution in [1.82, 2.24) is 9.55 Å². The van der Waals surface area contributed by atoms with E-state index < -0.39 is 12.1 Å². The number of pyridine rings is 1. The van der Waals surface area contributed by atoms with Crippen molar-refractivity contribution in [3.05, 3.63) is 45.4 Å². The van der Waals surface area contributed by atoms with Crippen LogP contribution in [0.15, 0.2) is 35.6 Å². The number of rotatable bonds is 2. The van der Waals surface area contributed by atoms with Crippen molar-refractivity contribution in [2.45, 2.75) is 12.7 Å². The van der Waals surface area contributed by atoms with Gasteiger partial charge in [-0.05, 0) is 12.1 Å². The molecule has 0 unspecified atom stereocenters. The third-order valence-electron chi connectivity index (χ3n) is 2.23. The number of amides is 1. The molecule has 9 heteroatoms. The third kappa shape index (κ3) is 3.67. The molecule has 2 rings (SSSR count). The number of hydrogen-bond acceptors (Lipinski definition) is 3. The molecule has 0 aliphatic carbocycles. The lowest BCUT2D eigenvalue weighted by Gasteiger charge is -2.05. The molecule has 0 N–H and O–H groups in total. The van der Waals surface area contributed by atoms with Crippen molar-refractivity contribution in [3.63, 3.8) is 0 Å². The van der Waals surface area contributed by atoms with Gasteiger partial charge in [-0.3, -0.25) is 4.79 Å². The number of hydrogen-bond donors (Lipinski definition) is 0. The van der Waals surface area contributed by atoms with Gasteiger partial charge in [0.05, 0.1) is 6.54 Å². The van der Waals surface area contributed by atoms with Gasteiger partial charge in [0, 0.05) is 17.3 Å². The Morgan fingerprint density at radius 1 is 1.45 bits per heavy atom. The van der Waals surface area contributed by atoms with Crippen LogP contribution in [0, 0.1) is 0 Å².